The number of piperidine rings is 1. The Hall–Kier alpha value is -1.42. The fraction of sp³-hybridized carbons (Fsp3) is 0.462. The molecule has 0 aliphatic carbocycles. The summed E-state index contributed by atoms with van der Waals surface area (Å²) in [6, 6.07) is 4.66. The van der Waals surface area contributed by atoms with Crippen LogP contribution in [0.2, 0.25) is 0 Å². The molecular weight excluding hydrogens is 221 g/mol. The first-order valence-electron chi connectivity index (χ1n) is 5.87. The third kappa shape index (κ3) is 3.27. The van der Waals surface area contributed by atoms with Crippen LogP contribution in [-0.4, -0.2) is 24.2 Å². The Balaban J connectivity index is 2.20. The Bertz CT molecular complexity index is 414. The van der Waals surface area contributed by atoms with Crippen LogP contribution in [0.25, 0.3) is 0 Å². The minimum absolute atomic E-state index is 0.115. The van der Waals surface area contributed by atoms with E-state index >= 15 is 0 Å². The van der Waals surface area contributed by atoms with Crippen molar-refractivity contribution >= 4 is 5.97 Å². The molecule has 4 heteroatoms. The molecule has 1 aromatic rings. The second-order valence-corrected chi connectivity index (χ2v) is 4.49. The maximum atomic E-state index is 13.4. The monoisotopic (exact) mass is 237 g/mol. The van der Waals surface area contributed by atoms with Crippen molar-refractivity contribution in [3.8, 4) is 0 Å². The second-order valence-electron chi connectivity index (χ2n) is 4.49. The molecule has 0 radical (unpaired) electrons. The minimum atomic E-state index is -0.924. The number of carboxylic acids is 1. The van der Waals surface area contributed by atoms with Gasteiger partial charge in [-0.05, 0) is 55.1 Å². The summed E-state index contributed by atoms with van der Waals surface area (Å²) in [6.45, 7) is 1.88. The van der Waals surface area contributed by atoms with Crippen molar-refractivity contribution in [3.63, 3.8) is 0 Å². The largest absolute Gasteiger partial charge is 0.481 e. The predicted octanol–water partition coefficient (Wildman–Crippen LogP) is 1.92. The summed E-state index contributed by atoms with van der Waals surface area (Å²) in [6.07, 6.45) is 1.85. The van der Waals surface area contributed by atoms with Gasteiger partial charge in [0.2, 0.25) is 0 Å². The first-order valence-corrected chi connectivity index (χ1v) is 5.87. The molecule has 1 fully saturated rings. The number of hydrogen-bond acceptors (Lipinski definition) is 2. The molecule has 2 N–H and O–H groups in total. The summed E-state index contributed by atoms with van der Waals surface area (Å²) in [5, 5.41) is 12.0. The number of halogens is 1. The average molecular weight is 237 g/mol. The highest BCUT2D eigenvalue weighted by atomic mass is 19.1. The van der Waals surface area contributed by atoms with Crippen LogP contribution in [0.5, 0.6) is 0 Å². The van der Waals surface area contributed by atoms with E-state index in [0.29, 0.717) is 11.5 Å². The third-order valence-corrected chi connectivity index (χ3v) is 3.15. The molecule has 2 rings (SSSR count). The van der Waals surface area contributed by atoms with Gasteiger partial charge in [0.05, 0.1) is 6.42 Å². The summed E-state index contributed by atoms with van der Waals surface area (Å²) >= 11 is 0. The Labute approximate surface area is 99.7 Å². The van der Waals surface area contributed by atoms with E-state index in [-0.39, 0.29) is 12.2 Å². The van der Waals surface area contributed by atoms with Crippen LogP contribution in [0.3, 0.4) is 0 Å². The van der Waals surface area contributed by atoms with E-state index in [2.05, 4.69) is 5.32 Å². The number of rotatable bonds is 3. The Morgan fingerprint density at radius 3 is 2.71 bits per heavy atom. The van der Waals surface area contributed by atoms with Crippen molar-refractivity contribution in [1.29, 1.82) is 0 Å². The molecule has 0 bridgehead atoms. The zero-order valence-electron chi connectivity index (χ0n) is 9.58. The SMILES string of the molecule is O=C(O)Cc1cc(F)cc(C2CCNCC2)c1. The number of carbonyl (C=O) groups is 1. The van der Waals surface area contributed by atoms with Crippen molar-refractivity contribution in [2.75, 3.05) is 13.1 Å². The van der Waals surface area contributed by atoms with Crippen molar-refractivity contribution in [3.05, 3.63) is 35.1 Å². The molecule has 92 valence electrons. The van der Waals surface area contributed by atoms with Crippen LogP contribution in [0.4, 0.5) is 4.39 Å². The van der Waals surface area contributed by atoms with E-state index in [1.54, 1.807) is 0 Å². The van der Waals surface area contributed by atoms with Crippen LogP contribution >= 0.6 is 0 Å². The lowest BCUT2D eigenvalue weighted by Crippen LogP contribution is -2.26. The Morgan fingerprint density at radius 1 is 1.35 bits per heavy atom. The molecule has 0 unspecified atom stereocenters. The minimum Gasteiger partial charge on any atom is -0.481 e. The zero-order valence-corrected chi connectivity index (χ0v) is 9.58. The van der Waals surface area contributed by atoms with E-state index in [0.717, 1.165) is 31.5 Å². The first-order chi connectivity index (χ1) is 8.15. The fourth-order valence-corrected chi connectivity index (χ4v) is 2.34. The standard InChI is InChI=1S/C13H16FNO2/c14-12-6-9(7-13(16)17)5-11(8-12)10-1-3-15-4-2-10/h5-6,8,10,15H,1-4,7H2,(H,16,17). The van der Waals surface area contributed by atoms with Gasteiger partial charge in [-0.25, -0.2) is 4.39 Å². The maximum absolute atomic E-state index is 13.4. The normalized spacial score (nSPS) is 17.0. The number of hydrogen-bond donors (Lipinski definition) is 2. The van der Waals surface area contributed by atoms with E-state index in [9.17, 15) is 9.18 Å². The predicted molar refractivity (Wildman–Crippen MR) is 62.6 cm³/mol. The van der Waals surface area contributed by atoms with Gasteiger partial charge in [-0.15, -0.1) is 0 Å². The molecule has 17 heavy (non-hydrogen) atoms. The van der Waals surface area contributed by atoms with Crippen molar-refractivity contribution in [2.24, 2.45) is 0 Å². The molecule has 0 atom stereocenters. The van der Waals surface area contributed by atoms with Crippen LogP contribution in [0.15, 0.2) is 18.2 Å². The molecule has 0 aromatic heterocycles. The quantitative estimate of drug-likeness (QED) is 0.844. The second kappa shape index (κ2) is 5.27. The van der Waals surface area contributed by atoms with Gasteiger partial charge in [0.25, 0.3) is 0 Å². The van der Waals surface area contributed by atoms with Crippen LogP contribution in [0, 0.1) is 5.82 Å². The van der Waals surface area contributed by atoms with E-state index in [1.807, 2.05) is 6.07 Å². The summed E-state index contributed by atoms with van der Waals surface area (Å²) in [4.78, 5) is 10.6. The van der Waals surface area contributed by atoms with Gasteiger partial charge in [0.1, 0.15) is 5.82 Å². The summed E-state index contributed by atoms with van der Waals surface area (Å²) in [7, 11) is 0. The molecule has 0 amide bonds. The van der Waals surface area contributed by atoms with Crippen LogP contribution in [-0.2, 0) is 11.2 Å². The van der Waals surface area contributed by atoms with Gasteiger partial charge in [-0.1, -0.05) is 6.07 Å². The Morgan fingerprint density at radius 2 is 2.06 bits per heavy atom. The number of carboxylic acid groups (broad SMARTS) is 1. The summed E-state index contributed by atoms with van der Waals surface area (Å²) in [5.74, 6) is -0.913. The molecule has 1 aliphatic heterocycles. The van der Waals surface area contributed by atoms with Gasteiger partial charge in [0.15, 0.2) is 0 Å². The van der Waals surface area contributed by atoms with Crippen molar-refractivity contribution < 1.29 is 14.3 Å². The van der Waals surface area contributed by atoms with Crippen molar-refractivity contribution in [2.45, 2.75) is 25.2 Å². The smallest absolute Gasteiger partial charge is 0.307 e. The average Bonchev–Trinajstić information content (AvgIpc) is 2.28. The molecule has 1 aromatic carbocycles. The highest BCUT2D eigenvalue weighted by Gasteiger charge is 2.16. The maximum Gasteiger partial charge on any atom is 0.307 e. The molecule has 0 spiro atoms. The van der Waals surface area contributed by atoms with E-state index < -0.39 is 5.97 Å². The number of benzene rings is 1. The number of nitrogens with one attached hydrogen (secondary N) is 1. The third-order valence-electron chi connectivity index (χ3n) is 3.15. The molecule has 1 heterocycles. The van der Waals surface area contributed by atoms with E-state index in [1.165, 1.54) is 12.1 Å². The van der Waals surface area contributed by atoms with Crippen molar-refractivity contribution in [1.82, 2.24) is 5.32 Å². The molecule has 1 aliphatic rings. The highest BCUT2D eigenvalue weighted by Crippen LogP contribution is 2.26. The van der Waals surface area contributed by atoms with Gasteiger partial charge in [-0.2, -0.15) is 0 Å². The summed E-state index contributed by atoms with van der Waals surface area (Å²) in [5.41, 5.74) is 1.48. The molecular formula is C13H16FNO2. The lowest BCUT2D eigenvalue weighted by molar-refractivity contribution is -0.136. The molecule has 0 saturated carbocycles. The van der Waals surface area contributed by atoms with E-state index in [4.69, 9.17) is 5.11 Å². The summed E-state index contributed by atoms with van der Waals surface area (Å²) < 4.78 is 13.4. The van der Waals surface area contributed by atoms with Gasteiger partial charge in [-0.3, -0.25) is 4.79 Å². The Kier molecular flexibility index (Phi) is 3.74. The zero-order chi connectivity index (χ0) is 12.3. The van der Waals surface area contributed by atoms with Gasteiger partial charge >= 0.3 is 5.97 Å². The van der Waals surface area contributed by atoms with Crippen LogP contribution in [0.1, 0.15) is 29.9 Å². The lowest BCUT2D eigenvalue weighted by atomic mass is 9.89. The molecule has 3 nitrogen and oxygen atoms in total. The topological polar surface area (TPSA) is 49.3 Å². The first kappa shape index (κ1) is 12.0. The van der Waals surface area contributed by atoms with Gasteiger partial charge in [0, 0.05) is 0 Å². The fourth-order valence-electron chi connectivity index (χ4n) is 2.34. The highest BCUT2D eigenvalue weighted by molar-refractivity contribution is 5.70. The molecule has 1 saturated heterocycles. The van der Waals surface area contributed by atoms with Gasteiger partial charge < -0.3 is 10.4 Å². The van der Waals surface area contributed by atoms with Crippen LogP contribution < -0.4 is 5.32 Å². The lowest BCUT2D eigenvalue weighted by Gasteiger charge is -2.23. The number of aliphatic carboxylic acids is 1.